The minimum absolute atomic E-state index is 0.747. The van der Waals surface area contributed by atoms with Crippen LogP contribution in [0.4, 0.5) is 0 Å². The summed E-state index contributed by atoms with van der Waals surface area (Å²) >= 11 is 0. The molecule has 0 aliphatic rings. The predicted octanol–water partition coefficient (Wildman–Crippen LogP) is 5.80. The fourth-order valence-electron chi connectivity index (χ4n) is 4.42. The molecule has 0 aliphatic carbocycles. The zero-order valence-corrected chi connectivity index (χ0v) is 18.5. The molecule has 3 heterocycles. The van der Waals surface area contributed by atoms with Crippen molar-refractivity contribution < 1.29 is 9.30 Å². The molecule has 0 saturated heterocycles. The van der Waals surface area contributed by atoms with E-state index >= 15 is 0 Å². The smallest absolute Gasteiger partial charge is 0.373 e. The molecule has 3 aromatic heterocycles. The van der Waals surface area contributed by atoms with Gasteiger partial charge in [0, 0.05) is 53.6 Å². The summed E-state index contributed by atoms with van der Waals surface area (Å²) in [6, 6.07) is 29.3. The van der Waals surface area contributed by atoms with Crippen molar-refractivity contribution in [2.45, 2.75) is 0 Å². The second kappa shape index (κ2) is 7.64. The first kappa shape index (κ1) is 19.3. The normalized spacial score (nSPS) is 11.3. The monoisotopic (exact) mass is 431 g/mol. The first-order valence-corrected chi connectivity index (χ1v) is 10.9. The summed E-state index contributed by atoms with van der Waals surface area (Å²) < 4.78 is 12.7. The third-order valence-corrected chi connectivity index (χ3v) is 6.07. The number of para-hydroxylation sites is 2. The second-order valence-electron chi connectivity index (χ2n) is 8.20. The summed E-state index contributed by atoms with van der Waals surface area (Å²) in [6.07, 6.45) is 5.75. The average molecular weight is 432 g/mol. The zero-order valence-electron chi connectivity index (χ0n) is 18.5. The highest BCUT2D eigenvalue weighted by atomic mass is 16.5. The number of nitrogens with zero attached hydrogens (tertiary/aromatic N) is 4. The van der Waals surface area contributed by atoms with Crippen molar-refractivity contribution in [2.75, 3.05) is 0 Å². The highest BCUT2D eigenvalue weighted by Crippen LogP contribution is 2.35. The van der Waals surface area contributed by atoms with E-state index in [2.05, 4.69) is 70.2 Å². The van der Waals surface area contributed by atoms with Crippen LogP contribution in [-0.4, -0.2) is 14.1 Å². The van der Waals surface area contributed by atoms with Crippen LogP contribution in [0.2, 0.25) is 0 Å². The summed E-state index contributed by atoms with van der Waals surface area (Å²) in [5.41, 5.74) is 4.43. The molecule has 0 unspecified atom stereocenters. The van der Waals surface area contributed by atoms with Crippen molar-refractivity contribution in [1.82, 2.24) is 14.1 Å². The highest BCUT2D eigenvalue weighted by molar-refractivity contribution is 6.09. The minimum Gasteiger partial charge on any atom is -0.405 e. The van der Waals surface area contributed by atoms with Crippen LogP contribution in [-0.2, 0) is 14.1 Å². The van der Waals surface area contributed by atoms with Gasteiger partial charge >= 0.3 is 5.88 Å². The van der Waals surface area contributed by atoms with Gasteiger partial charge in [0.25, 0.3) is 0 Å². The van der Waals surface area contributed by atoms with Gasteiger partial charge in [0.15, 0.2) is 6.20 Å². The Bertz CT molecular complexity index is 1610. The molecule has 33 heavy (non-hydrogen) atoms. The Kier molecular flexibility index (Phi) is 4.47. The number of hydrogen-bond donors (Lipinski definition) is 0. The molecule has 5 nitrogen and oxygen atoms in total. The first-order chi connectivity index (χ1) is 16.2. The molecule has 160 valence electrons. The van der Waals surface area contributed by atoms with Gasteiger partial charge in [0.1, 0.15) is 18.6 Å². The molecule has 5 heteroatoms. The van der Waals surface area contributed by atoms with Crippen molar-refractivity contribution in [1.29, 1.82) is 0 Å². The Labute approximate surface area is 191 Å². The largest absolute Gasteiger partial charge is 0.405 e. The van der Waals surface area contributed by atoms with Crippen LogP contribution in [0.5, 0.6) is 11.6 Å². The highest BCUT2D eigenvalue weighted by Gasteiger charge is 2.16. The Morgan fingerprint density at radius 3 is 2.42 bits per heavy atom. The lowest BCUT2D eigenvalue weighted by molar-refractivity contribution is -0.675. The van der Waals surface area contributed by atoms with Crippen molar-refractivity contribution >= 4 is 21.8 Å². The fraction of sp³-hybridized carbons (Fsp3) is 0.0714. The molecule has 0 saturated carbocycles. The van der Waals surface area contributed by atoms with E-state index in [-0.39, 0.29) is 0 Å². The van der Waals surface area contributed by atoms with Gasteiger partial charge in [0.2, 0.25) is 0 Å². The molecule has 0 spiro atoms. The number of ether oxygens (including phenoxy) is 1. The van der Waals surface area contributed by atoms with Crippen LogP contribution in [0, 0.1) is 0 Å². The van der Waals surface area contributed by atoms with Gasteiger partial charge < -0.3 is 13.9 Å². The molecule has 0 bridgehead atoms. The van der Waals surface area contributed by atoms with E-state index < -0.39 is 0 Å². The van der Waals surface area contributed by atoms with Gasteiger partial charge in [-0.25, -0.2) is 4.98 Å². The summed E-state index contributed by atoms with van der Waals surface area (Å²) in [4.78, 5) is 4.47. The summed E-state index contributed by atoms with van der Waals surface area (Å²) in [5.74, 6) is 2.44. The quantitative estimate of drug-likeness (QED) is 0.331. The van der Waals surface area contributed by atoms with Gasteiger partial charge in [-0.3, -0.25) is 0 Å². The number of pyridine rings is 1. The van der Waals surface area contributed by atoms with E-state index in [1.807, 2.05) is 59.9 Å². The number of imidazole rings is 1. The standard InChI is InChI=1S/C28H23N4O/c1-30-16-14-20(28-29-15-17-31(28)2)18-27(30)33-22-12-13-24-23-10-6-7-11-25(23)32(26(24)19-22)21-8-4-3-5-9-21/h3-19H,1-2H3/q+1. The van der Waals surface area contributed by atoms with Crippen LogP contribution in [0.15, 0.2) is 104 Å². The summed E-state index contributed by atoms with van der Waals surface area (Å²) in [6.45, 7) is 0. The first-order valence-electron chi connectivity index (χ1n) is 10.9. The number of fused-ring (bicyclic) bond motifs is 3. The van der Waals surface area contributed by atoms with Crippen molar-refractivity contribution in [3.05, 3.63) is 104 Å². The maximum Gasteiger partial charge on any atom is 0.373 e. The zero-order chi connectivity index (χ0) is 22.4. The maximum atomic E-state index is 6.40. The van der Waals surface area contributed by atoms with Gasteiger partial charge in [-0.2, -0.15) is 4.57 Å². The van der Waals surface area contributed by atoms with E-state index in [0.29, 0.717) is 0 Å². The lowest BCUT2D eigenvalue weighted by Crippen LogP contribution is -2.29. The second-order valence-corrected chi connectivity index (χ2v) is 8.20. The van der Waals surface area contributed by atoms with Gasteiger partial charge in [-0.15, -0.1) is 0 Å². The molecular weight excluding hydrogens is 408 g/mol. The summed E-state index contributed by atoms with van der Waals surface area (Å²) in [7, 11) is 3.98. The van der Waals surface area contributed by atoms with E-state index in [1.54, 1.807) is 6.20 Å². The fourth-order valence-corrected chi connectivity index (χ4v) is 4.42. The number of aromatic nitrogens is 4. The number of benzene rings is 3. The van der Waals surface area contributed by atoms with Gasteiger partial charge in [0.05, 0.1) is 17.1 Å². The van der Waals surface area contributed by atoms with Crippen molar-refractivity contribution in [3.8, 4) is 28.7 Å². The van der Waals surface area contributed by atoms with Gasteiger partial charge in [-0.05, 0) is 30.3 Å². The predicted molar refractivity (Wildman–Crippen MR) is 131 cm³/mol. The molecule has 6 aromatic rings. The number of rotatable bonds is 4. The Balaban J connectivity index is 1.49. The molecule has 0 atom stereocenters. The average Bonchev–Trinajstić information content (AvgIpc) is 3.42. The van der Waals surface area contributed by atoms with Crippen LogP contribution in [0.3, 0.4) is 0 Å². The Hall–Kier alpha value is -4.38. The third-order valence-electron chi connectivity index (χ3n) is 6.07. The summed E-state index contributed by atoms with van der Waals surface area (Å²) in [5, 5.41) is 2.43. The van der Waals surface area contributed by atoms with Crippen LogP contribution in [0.25, 0.3) is 38.9 Å². The maximum absolute atomic E-state index is 6.40. The van der Waals surface area contributed by atoms with Gasteiger partial charge in [-0.1, -0.05) is 36.4 Å². The topological polar surface area (TPSA) is 35.9 Å². The van der Waals surface area contributed by atoms with Crippen molar-refractivity contribution in [2.24, 2.45) is 14.1 Å². The Morgan fingerprint density at radius 2 is 1.61 bits per heavy atom. The molecular formula is C28H23N4O+. The third kappa shape index (κ3) is 3.26. The molecule has 0 N–H and O–H groups in total. The molecule has 0 fully saturated rings. The van der Waals surface area contributed by atoms with E-state index in [1.165, 1.54) is 16.3 Å². The molecule has 3 aromatic carbocycles. The molecule has 0 aliphatic heterocycles. The van der Waals surface area contributed by atoms with E-state index in [0.717, 1.165) is 34.2 Å². The van der Waals surface area contributed by atoms with E-state index in [9.17, 15) is 0 Å². The molecule has 0 radical (unpaired) electrons. The van der Waals surface area contributed by atoms with E-state index in [4.69, 9.17) is 4.74 Å². The van der Waals surface area contributed by atoms with Crippen LogP contribution >= 0.6 is 0 Å². The van der Waals surface area contributed by atoms with Crippen LogP contribution in [0.1, 0.15) is 0 Å². The number of hydrogen-bond acceptors (Lipinski definition) is 2. The molecule has 6 rings (SSSR count). The SMILES string of the molecule is Cn1ccnc1-c1cc[n+](C)c(Oc2ccc3c4ccccc4n(-c4ccccc4)c3c2)c1. The Morgan fingerprint density at radius 1 is 0.818 bits per heavy atom. The van der Waals surface area contributed by atoms with Crippen LogP contribution < -0.4 is 9.30 Å². The lowest BCUT2D eigenvalue weighted by Gasteiger charge is -2.09. The minimum atomic E-state index is 0.747. The van der Waals surface area contributed by atoms with Crippen molar-refractivity contribution in [3.63, 3.8) is 0 Å². The lowest BCUT2D eigenvalue weighted by atomic mass is 10.1. The molecule has 0 amide bonds. The number of aryl methyl sites for hydroxylation is 2.